The summed E-state index contributed by atoms with van der Waals surface area (Å²) in [7, 11) is 0. The molecule has 1 heterocycles. The number of halogens is 1. The SMILES string of the molecule is O=[N+]([O-])c1ccc(Cl)cc1OCc1cccnc1. The van der Waals surface area contributed by atoms with Gasteiger partial charge in [-0.2, -0.15) is 0 Å². The Balaban J connectivity index is 2.18. The fourth-order valence-corrected chi connectivity index (χ4v) is 1.56. The molecule has 1 aromatic heterocycles. The van der Waals surface area contributed by atoms with Crippen LogP contribution in [-0.2, 0) is 6.61 Å². The number of ether oxygens (including phenoxy) is 1. The molecule has 0 aliphatic carbocycles. The lowest BCUT2D eigenvalue weighted by molar-refractivity contribution is -0.385. The Hall–Kier alpha value is -2.14. The van der Waals surface area contributed by atoms with Crippen molar-refractivity contribution in [2.24, 2.45) is 0 Å². The third-order valence-electron chi connectivity index (χ3n) is 2.24. The van der Waals surface area contributed by atoms with Crippen LogP contribution in [0.15, 0.2) is 42.7 Å². The van der Waals surface area contributed by atoms with Gasteiger partial charge in [0.1, 0.15) is 6.61 Å². The number of aromatic nitrogens is 1. The number of nitro benzene ring substituents is 1. The van der Waals surface area contributed by atoms with Crippen molar-refractivity contribution in [3.05, 3.63) is 63.4 Å². The molecule has 0 saturated carbocycles. The molecule has 2 aromatic rings. The summed E-state index contributed by atoms with van der Waals surface area (Å²) in [5.41, 5.74) is 0.718. The molecule has 0 atom stereocenters. The van der Waals surface area contributed by atoms with E-state index in [-0.39, 0.29) is 18.0 Å². The van der Waals surface area contributed by atoms with Gasteiger partial charge in [-0.3, -0.25) is 15.1 Å². The molecule has 0 aliphatic rings. The zero-order valence-corrected chi connectivity index (χ0v) is 10.0. The monoisotopic (exact) mass is 264 g/mol. The molecule has 0 spiro atoms. The van der Waals surface area contributed by atoms with E-state index in [9.17, 15) is 10.1 Å². The number of nitro groups is 1. The van der Waals surface area contributed by atoms with Gasteiger partial charge >= 0.3 is 5.69 Å². The highest BCUT2D eigenvalue weighted by molar-refractivity contribution is 6.30. The lowest BCUT2D eigenvalue weighted by Gasteiger charge is -2.06. The molecule has 0 aliphatic heterocycles. The van der Waals surface area contributed by atoms with Crippen LogP contribution in [0.2, 0.25) is 5.02 Å². The van der Waals surface area contributed by atoms with E-state index in [2.05, 4.69) is 4.98 Å². The Kier molecular flexibility index (Phi) is 3.74. The molecule has 0 radical (unpaired) electrons. The number of nitrogens with zero attached hydrogens (tertiary/aromatic N) is 2. The highest BCUT2D eigenvalue weighted by Crippen LogP contribution is 2.30. The van der Waals surface area contributed by atoms with Crippen LogP contribution in [0.4, 0.5) is 5.69 Å². The minimum Gasteiger partial charge on any atom is -0.482 e. The molecular formula is C12H9ClN2O3. The van der Waals surface area contributed by atoms with Gasteiger partial charge in [0.2, 0.25) is 0 Å². The fraction of sp³-hybridized carbons (Fsp3) is 0.0833. The van der Waals surface area contributed by atoms with Crippen molar-refractivity contribution in [3.8, 4) is 5.75 Å². The lowest BCUT2D eigenvalue weighted by Crippen LogP contribution is -1.99. The van der Waals surface area contributed by atoms with E-state index in [4.69, 9.17) is 16.3 Å². The molecule has 92 valence electrons. The molecule has 0 amide bonds. The Morgan fingerprint density at radius 1 is 1.39 bits per heavy atom. The molecule has 5 nitrogen and oxygen atoms in total. The predicted molar refractivity (Wildman–Crippen MR) is 66.7 cm³/mol. The molecule has 18 heavy (non-hydrogen) atoms. The van der Waals surface area contributed by atoms with Crippen LogP contribution in [0.5, 0.6) is 5.75 Å². The van der Waals surface area contributed by atoms with Crippen LogP contribution in [0, 0.1) is 10.1 Å². The maximum absolute atomic E-state index is 10.8. The second kappa shape index (κ2) is 5.46. The number of hydrogen-bond acceptors (Lipinski definition) is 4. The van der Waals surface area contributed by atoms with Crippen molar-refractivity contribution in [1.82, 2.24) is 4.98 Å². The van der Waals surface area contributed by atoms with E-state index in [1.807, 2.05) is 6.07 Å². The van der Waals surface area contributed by atoms with Crippen molar-refractivity contribution in [3.63, 3.8) is 0 Å². The van der Waals surface area contributed by atoms with Crippen molar-refractivity contribution in [1.29, 1.82) is 0 Å². The molecular weight excluding hydrogens is 256 g/mol. The van der Waals surface area contributed by atoms with Gasteiger partial charge < -0.3 is 4.74 Å². The first kappa shape index (κ1) is 12.3. The summed E-state index contributed by atoms with van der Waals surface area (Å²) in [6.07, 6.45) is 3.28. The van der Waals surface area contributed by atoms with Gasteiger partial charge in [0.15, 0.2) is 5.75 Å². The third-order valence-corrected chi connectivity index (χ3v) is 2.47. The average molecular weight is 265 g/mol. The van der Waals surface area contributed by atoms with E-state index in [1.54, 1.807) is 18.5 Å². The predicted octanol–water partition coefficient (Wildman–Crippen LogP) is 3.22. The number of pyridine rings is 1. The van der Waals surface area contributed by atoms with Crippen LogP contribution in [0.1, 0.15) is 5.56 Å². The standard InChI is InChI=1S/C12H9ClN2O3/c13-10-3-4-11(15(16)17)12(6-10)18-8-9-2-1-5-14-7-9/h1-7H,8H2. The number of rotatable bonds is 4. The Labute approximate surface area is 108 Å². The van der Waals surface area contributed by atoms with Crippen LogP contribution in [0.3, 0.4) is 0 Å². The maximum Gasteiger partial charge on any atom is 0.311 e. The number of hydrogen-bond donors (Lipinski definition) is 0. The molecule has 1 aromatic carbocycles. The largest absolute Gasteiger partial charge is 0.482 e. The van der Waals surface area contributed by atoms with Gasteiger partial charge in [0.25, 0.3) is 0 Å². The Morgan fingerprint density at radius 3 is 2.89 bits per heavy atom. The van der Waals surface area contributed by atoms with Crippen LogP contribution in [0.25, 0.3) is 0 Å². The summed E-state index contributed by atoms with van der Waals surface area (Å²) in [6, 6.07) is 7.79. The van der Waals surface area contributed by atoms with Crippen LogP contribution >= 0.6 is 11.6 Å². The number of benzene rings is 1. The summed E-state index contributed by atoms with van der Waals surface area (Å²) in [5, 5.41) is 11.2. The molecule has 0 bridgehead atoms. The molecule has 2 rings (SSSR count). The fourth-order valence-electron chi connectivity index (χ4n) is 1.40. The summed E-state index contributed by atoms with van der Waals surface area (Å²) in [5.74, 6) is 0.149. The van der Waals surface area contributed by atoms with Gasteiger partial charge in [-0.1, -0.05) is 17.7 Å². The van der Waals surface area contributed by atoms with E-state index in [1.165, 1.54) is 18.2 Å². The summed E-state index contributed by atoms with van der Waals surface area (Å²) < 4.78 is 5.40. The molecule has 0 fully saturated rings. The molecule has 0 N–H and O–H groups in total. The van der Waals surface area contributed by atoms with Crippen LogP contribution < -0.4 is 4.74 Å². The highest BCUT2D eigenvalue weighted by Gasteiger charge is 2.15. The second-order valence-electron chi connectivity index (χ2n) is 3.52. The van der Waals surface area contributed by atoms with E-state index >= 15 is 0 Å². The first-order valence-electron chi connectivity index (χ1n) is 5.12. The lowest BCUT2D eigenvalue weighted by atomic mass is 10.3. The van der Waals surface area contributed by atoms with Crippen molar-refractivity contribution in [2.75, 3.05) is 0 Å². The third kappa shape index (κ3) is 2.95. The zero-order valence-electron chi connectivity index (χ0n) is 9.25. The quantitative estimate of drug-likeness (QED) is 0.628. The Morgan fingerprint density at radius 2 is 2.22 bits per heavy atom. The van der Waals surface area contributed by atoms with Gasteiger partial charge in [-0.15, -0.1) is 0 Å². The van der Waals surface area contributed by atoms with Crippen LogP contribution in [-0.4, -0.2) is 9.91 Å². The molecule has 6 heteroatoms. The minimum absolute atomic E-state index is 0.108. The van der Waals surface area contributed by atoms with Crippen molar-refractivity contribution < 1.29 is 9.66 Å². The van der Waals surface area contributed by atoms with Gasteiger partial charge in [-0.25, -0.2) is 0 Å². The Bertz CT molecular complexity index is 561. The molecule has 0 unspecified atom stereocenters. The van der Waals surface area contributed by atoms with Gasteiger partial charge in [-0.05, 0) is 12.1 Å². The highest BCUT2D eigenvalue weighted by atomic mass is 35.5. The second-order valence-corrected chi connectivity index (χ2v) is 3.96. The van der Waals surface area contributed by atoms with Crippen molar-refractivity contribution >= 4 is 17.3 Å². The van der Waals surface area contributed by atoms with Gasteiger partial charge in [0, 0.05) is 35.1 Å². The summed E-state index contributed by atoms with van der Waals surface area (Å²) in [4.78, 5) is 14.2. The smallest absolute Gasteiger partial charge is 0.311 e. The first-order valence-corrected chi connectivity index (χ1v) is 5.50. The zero-order chi connectivity index (χ0) is 13.0. The van der Waals surface area contributed by atoms with Gasteiger partial charge in [0.05, 0.1) is 4.92 Å². The summed E-state index contributed by atoms with van der Waals surface area (Å²) in [6.45, 7) is 0.203. The maximum atomic E-state index is 10.8. The normalized spacial score (nSPS) is 10.1. The summed E-state index contributed by atoms with van der Waals surface area (Å²) >= 11 is 5.79. The minimum atomic E-state index is -0.505. The first-order chi connectivity index (χ1) is 8.66. The van der Waals surface area contributed by atoms with E-state index < -0.39 is 4.92 Å². The average Bonchev–Trinajstić information content (AvgIpc) is 2.37. The topological polar surface area (TPSA) is 65.3 Å². The molecule has 0 saturated heterocycles. The van der Waals surface area contributed by atoms with Crippen molar-refractivity contribution in [2.45, 2.75) is 6.61 Å². The van der Waals surface area contributed by atoms with E-state index in [0.717, 1.165) is 5.56 Å². The van der Waals surface area contributed by atoms with E-state index in [0.29, 0.717) is 5.02 Å².